The van der Waals surface area contributed by atoms with E-state index in [4.69, 9.17) is 23.2 Å². The highest BCUT2D eigenvalue weighted by atomic mass is 35.5. The molecule has 0 heterocycles. The van der Waals surface area contributed by atoms with Gasteiger partial charge in [0, 0.05) is 33.1 Å². The maximum absolute atomic E-state index is 5.86. The fourth-order valence-corrected chi connectivity index (χ4v) is 4.00. The first-order chi connectivity index (χ1) is 9.74. The summed E-state index contributed by atoms with van der Waals surface area (Å²) in [5.41, 5.74) is 2.67. The zero-order valence-corrected chi connectivity index (χ0v) is 14.2. The maximum atomic E-state index is 5.86. The van der Waals surface area contributed by atoms with E-state index < -0.39 is 0 Å². The predicted octanol–water partition coefficient (Wildman–Crippen LogP) is 6.16. The summed E-state index contributed by atoms with van der Waals surface area (Å²) in [4.78, 5) is 0. The molecule has 2 rings (SSSR count). The van der Waals surface area contributed by atoms with Crippen LogP contribution in [-0.4, -0.2) is 11.5 Å². The van der Waals surface area contributed by atoms with Crippen LogP contribution in [0.5, 0.6) is 0 Å². The first kappa shape index (κ1) is 16.1. The standard InChI is InChI=1S/C16H16Cl2S2/c17-15-5-1-13(2-6-15)11-19-9-10-20-12-14-3-7-16(18)8-4-14/h1-8H,9-12H2. The lowest BCUT2D eigenvalue weighted by molar-refractivity contribution is 1.38. The van der Waals surface area contributed by atoms with Gasteiger partial charge in [0.15, 0.2) is 0 Å². The van der Waals surface area contributed by atoms with E-state index >= 15 is 0 Å². The Hall–Kier alpha value is -0.280. The molecule has 0 unspecified atom stereocenters. The Morgan fingerprint density at radius 3 is 1.30 bits per heavy atom. The number of thioether (sulfide) groups is 2. The third-order valence-corrected chi connectivity index (χ3v) is 5.56. The van der Waals surface area contributed by atoms with Crippen molar-refractivity contribution in [2.75, 3.05) is 11.5 Å². The normalized spacial score (nSPS) is 10.7. The van der Waals surface area contributed by atoms with E-state index in [0.717, 1.165) is 21.6 Å². The van der Waals surface area contributed by atoms with Gasteiger partial charge in [-0.15, -0.1) is 0 Å². The predicted molar refractivity (Wildman–Crippen MR) is 95.2 cm³/mol. The molecule has 20 heavy (non-hydrogen) atoms. The number of rotatable bonds is 7. The molecule has 0 amide bonds. The van der Waals surface area contributed by atoms with Crippen LogP contribution in [0.15, 0.2) is 48.5 Å². The second-order valence-corrected chi connectivity index (χ2v) is 7.44. The summed E-state index contributed by atoms with van der Waals surface area (Å²) in [6, 6.07) is 16.2. The van der Waals surface area contributed by atoms with Gasteiger partial charge in [0.2, 0.25) is 0 Å². The molecule has 0 spiro atoms. The molecule has 0 aliphatic carbocycles. The molecular weight excluding hydrogens is 327 g/mol. The molecule has 0 fully saturated rings. The number of benzene rings is 2. The zero-order valence-electron chi connectivity index (χ0n) is 11.0. The molecule has 0 aliphatic rings. The van der Waals surface area contributed by atoms with Crippen molar-refractivity contribution in [1.29, 1.82) is 0 Å². The molecule has 0 radical (unpaired) electrons. The molecule has 0 saturated heterocycles. The van der Waals surface area contributed by atoms with Gasteiger partial charge in [0.05, 0.1) is 0 Å². The Bertz CT molecular complexity index is 460. The minimum atomic E-state index is 0.803. The van der Waals surface area contributed by atoms with Gasteiger partial charge in [-0.3, -0.25) is 0 Å². The minimum absolute atomic E-state index is 0.803. The van der Waals surface area contributed by atoms with Gasteiger partial charge in [0.1, 0.15) is 0 Å². The molecule has 4 heteroatoms. The summed E-state index contributed by atoms with van der Waals surface area (Å²) in [6.07, 6.45) is 0. The van der Waals surface area contributed by atoms with E-state index in [1.165, 1.54) is 22.6 Å². The summed E-state index contributed by atoms with van der Waals surface area (Å²) >= 11 is 15.7. The zero-order chi connectivity index (χ0) is 14.2. The van der Waals surface area contributed by atoms with Gasteiger partial charge < -0.3 is 0 Å². The molecule has 0 atom stereocenters. The van der Waals surface area contributed by atoms with E-state index in [1.807, 2.05) is 47.8 Å². The van der Waals surface area contributed by atoms with Crippen LogP contribution in [0.4, 0.5) is 0 Å². The number of halogens is 2. The van der Waals surface area contributed by atoms with E-state index in [0.29, 0.717) is 0 Å². The van der Waals surface area contributed by atoms with Crippen LogP contribution in [-0.2, 0) is 11.5 Å². The second kappa shape index (κ2) is 8.89. The van der Waals surface area contributed by atoms with Gasteiger partial charge in [-0.2, -0.15) is 23.5 Å². The fourth-order valence-electron chi connectivity index (χ4n) is 1.66. The van der Waals surface area contributed by atoms with Gasteiger partial charge >= 0.3 is 0 Å². The average Bonchev–Trinajstić information content (AvgIpc) is 2.46. The van der Waals surface area contributed by atoms with Crippen molar-refractivity contribution in [3.63, 3.8) is 0 Å². The first-order valence-electron chi connectivity index (χ1n) is 6.38. The lowest BCUT2D eigenvalue weighted by atomic mass is 10.2. The van der Waals surface area contributed by atoms with Crippen LogP contribution in [0.25, 0.3) is 0 Å². The third kappa shape index (κ3) is 6.01. The molecule has 0 bridgehead atoms. The largest absolute Gasteiger partial charge is 0.156 e. The van der Waals surface area contributed by atoms with Crippen LogP contribution >= 0.6 is 46.7 Å². The quantitative estimate of drug-likeness (QED) is 0.552. The number of hydrogen-bond donors (Lipinski definition) is 0. The van der Waals surface area contributed by atoms with E-state index in [2.05, 4.69) is 24.3 Å². The molecule has 0 aliphatic heterocycles. The number of hydrogen-bond acceptors (Lipinski definition) is 2. The van der Waals surface area contributed by atoms with Crippen molar-refractivity contribution in [3.05, 3.63) is 69.7 Å². The summed E-state index contributed by atoms with van der Waals surface area (Å²) in [5, 5.41) is 1.61. The Balaban J connectivity index is 1.57. The summed E-state index contributed by atoms with van der Waals surface area (Å²) < 4.78 is 0. The molecular formula is C16H16Cl2S2. The van der Waals surface area contributed by atoms with Crippen molar-refractivity contribution in [1.82, 2.24) is 0 Å². The monoisotopic (exact) mass is 342 g/mol. The smallest absolute Gasteiger partial charge is 0.0406 e. The van der Waals surface area contributed by atoms with Gasteiger partial charge in [-0.05, 0) is 35.4 Å². The van der Waals surface area contributed by atoms with Crippen molar-refractivity contribution in [2.45, 2.75) is 11.5 Å². The highest BCUT2D eigenvalue weighted by Gasteiger charge is 1.96. The lowest BCUT2D eigenvalue weighted by Gasteiger charge is -2.03. The topological polar surface area (TPSA) is 0 Å². The van der Waals surface area contributed by atoms with Gasteiger partial charge in [-0.1, -0.05) is 47.5 Å². The molecule has 0 saturated carbocycles. The van der Waals surface area contributed by atoms with Crippen LogP contribution < -0.4 is 0 Å². The Morgan fingerprint density at radius 2 is 0.950 bits per heavy atom. The van der Waals surface area contributed by atoms with E-state index in [9.17, 15) is 0 Å². The molecule has 2 aromatic rings. The first-order valence-corrected chi connectivity index (χ1v) is 9.45. The fraction of sp³-hybridized carbons (Fsp3) is 0.250. The lowest BCUT2D eigenvalue weighted by Crippen LogP contribution is -1.88. The summed E-state index contributed by atoms with van der Waals surface area (Å²) in [5.74, 6) is 4.44. The third-order valence-electron chi connectivity index (χ3n) is 2.74. The highest BCUT2D eigenvalue weighted by Crippen LogP contribution is 2.19. The second-order valence-electron chi connectivity index (χ2n) is 4.36. The molecule has 0 nitrogen and oxygen atoms in total. The summed E-state index contributed by atoms with van der Waals surface area (Å²) in [6.45, 7) is 0. The molecule has 106 valence electrons. The van der Waals surface area contributed by atoms with Crippen molar-refractivity contribution >= 4 is 46.7 Å². The minimum Gasteiger partial charge on any atom is -0.156 e. The Morgan fingerprint density at radius 1 is 0.600 bits per heavy atom. The SMILES string of the molecule is Clc1ccc(CSCCSCc2ccc(Cl)cc2)cc1. The van der Waals surface area contributed by atoms with Gasteiger partial charge in [-0.25, -0.2) is 0 Å². The van der Waals surface area contributed by atoms with Gasteiger partial charge in [0.25, 0.3) is 0 Å². The average molecular weight is 343 g/mol. The van der Waals surface area contributed by atoms with Crippen molar-refractivity contribution < 1.29 is 0 Å². The maximum Gasteiger partial charge on any atom is 0.0406 e. The van der Waals surface area contributed by atoms with Crippen LogP contribution in [0, 0.1) is 0 Å². The molecule has 2 aromatic carbocycles. The Kier molecular flexibility index (Phi) is 7.15. The van der Waals surface area contributed by atoms with Crippen molar-refractivity contribution in [3.8, 4) is 0 Å². The highest BCUT2D eigenvalue weighted by molar-refractivity contribution is 8.02. The van der Waals surface area contributed by atoms with Crippen LogP contribution in [0.2, 0.25) is 10.0 Å². The van der Waals surface area contributed by atoms with Crippen molar-refractivity contribution in [2.24, 2.45) is 0 Å². The van der Waals surface area contributed by atoms with E-state index in [-0.39, 0.29) is 0 Å². The Labute approximate surface area is 139 Å². The molecule has 0 aromatic heterocycles. The van der Waals surface area contributed by atoms with E-state index in [1.54, 1.807) is 0 Å². The summed E-state index contributed by atoms with van der Waals surface area (Å²) in [7, 11) is 0. The van der Waals surface area contributed by atoms with Crippen LogP contribution in [0.1, 0.15) is 11.1 Å². The molecule has 0 N–H and O–H groups in total. The van der Waals surface area contributed by atoms with Crippen LogP contribution in [0.3, 0.4) is 0 Å².